The highest BCUT2D eigenvalue weighted by atomic mass is 16.7. The van der Waals surface area contributed by atoms with Gasteiger partial charge in [-0.2, -0.15) is 0 Å². The first-order chi connectivity index (χ1) is 15.5. The van der Waals surface area contributed by atoms with Gasteiger partial charge in [0, 0.05) is 5.69 Å². The standard InChI is InChI=1S/C24H37NO7/c1-3-4-5-6-7-8-9-10-11-12-13-14-17-31-23(28)25-19-15-16-21(32-24(29)30-2)20(18-19)22(26)27/h15-16,18H,3-14,17H2,1-2H3,(H,25,28)(H,26,27). The van der Waals surface area contributed by atoms with E-state index in [1.54, 1.807) is 0 Å². The minimum Gasteiger partial charge on any atom is -0.478 e. The molecule has 1 amide bonds. The second-order valence-corrected chi connectivity index (χ2v) is 7.72. The topological polar surface area (TPSA) is 111 Å². The van der Waals surface area contributed by atoms with Crippen molar-refractivity contribution in [1.29, 1.82) is 0 Å². The molecule has 0 aliphatic carbocycles. The highest BCUT2D eigenvalue weighted by molar-refractivity contribution is 5.94. The van der Waals surface area contributed by atoms with Gasteiger partial charge in [-0.1, -0.05) is 77.6 Å². The van der Waals surface area contributed by atoms with Crippen molar-refractivity contribution in [1.82, 2.24) is 0 Å². The van der Waals surface area contributed by atoms with Crippen molar-refractivity contribution in [3.05, 3.63) is 23.8 Å². The van der Waals surface area contributed by atoms with Crippen LogP contribution in [-0.4, -0.2) is 37.0 Å². The van der Waals surface area contributed by atoms with Crippen molar-refractivity contribution in [2.24, 2.45) is 0 Å². The number of carboxylic acids is 1. The summed E-state index contributed by atoms with van der Waals surface area (Å²) in [6.07, 6.45) is 13.0. The first kappa shape index (κ1) is 27.3. The second kappa shape index (κ2) is 16.9. The molecule has 180 valence electrons. The lowest BCUT2D eigenvalue weighted by molar-refractivity contribution is 0.0691. The molecule has 8 nitrogen and oxygen atoms in total. The number of ether oxygens (including phenoxy) is 3. The number of unbranched alkanes of at least 4 members (excludes halogenated alkanes) is 11. The summed E-state index contributed by atoms with van der Waals surface area (Å²) in [5.41, 5.74) is -0.0616. The summed E-state index contributed by atoms with van der Waals surface area (Å²) in [6, 6.07) is 3.86. The van der Waals surface area contributed by atoms with E-state index in [1.807, 2.05) is 0 Å². The van der Waals surface area contributed by atoms with E-state index in [0.29, 0.717) is 6.61 Å². The number of methoxy groups -OCH3 is 1. The van der Waals surface area contributed by atoms with Gasteiger partial charge < -0.3 is 19.3 Å². The van der Waals surface area contributed by atoms with E-state index in [-0.39, 0.29) is 17.0 Å². The predicted molar refractivity (Wildman–Crippen MR) is 122 cm³/mol. The molecule has 32 heavy (non-hydrogen) atoms. The maximum Gasteiger partial charge on any atom is 0.513 e. The third-order valence-corrected chi connectivity index (χ3v) is 5.05. The zero-order valence-corrected chi connectivity index (χ0v) is 19.3. The molecule has 0 spiro atoms. The Morgan fingerprint density at radius 1 is 0.875 bits per heavy atom. The Kier molecular flexibility index (Phi) is 14.4. The molecule has 0 atom stereocenters. The number of carboxylic acid groups (broad SMARTS) is 1. The molecule has 0 bridgehead atoms. The van der Waals surface area contributed by atoms with Crippen LogP contribution in [0.4, 0.5) is 15.3 Å². The van der Waals surface area contributed by atoms with E-state index in [9.17, 15) is 19.5 Å². The number of anilines is 1. The van der Waals surface area contributed by atoms with Gasteiger partial charge in [0.1, 0.15) is 11.3 Å². The van der Waals surface area contributed by atoms with E-state index in [0.717, 1.165) is 26.4 Å². The third kappa shape index (κ3) is 12.2. The fourth-order valence-electron chi connectivity index (χ4n) is 3.26. The summed E-state index contributed by atoms with van der Waals surface area (Å²) < 4.78 is 14.3. The van der Waals surface area contributed by atoms with E-state index in [4.69, 9.17) is 9.47 Å². The van der Waals surface area contributed by atoms with Gasteiger partial charge in [0.25, 0.3) is 0 Å². The monoisotopic (exact) mass is 451 g/mol. The van der Waals surface area contributed by atoms with Gasteiger partial charge in [0.15, 0.2) is 0 Å². The fraction of sp³-hybridized carbons (Fsp3) is 0.625. The van der Waals surface area contributed by atoms with E-state index in [1.165, 1.54) is 76.0 Å². The van der Waals surface area contributed by atoms with Gasteiger partial charge in [-0.05, 0) is 24.6 Å². The van der Waals surface area contributed by atoms with Crippen molar-refractivity contribution in [3.63, 3.8) is 0 Å². The molecular formula is C24H37NO7. The Balaban J connectivity index is 2.18. The lowest BCUT2D eigenvalue weighted by Gasteiger charge is -2.10. The zero-order valence-electron chi connectivity index (χ0n) is 19.3. The predicted octanol–water partition coefficient (Wildman–Crippen LogP) is 6.78. The number of amides is 1. The molecule has 0 fully saturated rings. The molecular weight excluding hydrogens is 414 g/mol. The SMILES string of the molecule is CCCCCCCCCCCCCCOC(=O)Nc1ccc(OC(=O)OC)c(C(=O)O)c1. The number of hydrogen-bond acceptors (Lipinski definition) is 6. The molecule has 0 heterocycles. The molecule has 0 saturated heterocycles. The first-order valence-corrected chi connectivity index (χ1v) is 11.5. The van der Waals surface area contributed by atoms with Gasteiger partial charge in [0.05, 0.1) is 13.7 Å². The van der Waals surface area contributed by atoms with E-state index < -0.39 is 18.2 Å². The average Bonchev–Trinajstić information content (AvgIpc) is 2.77. The second-order valence-electron chi connectivity index (χ2n) is 7.72. The maximum absolute atomic E-state index is 11.9. The van der Waals surface area contributed by atoms with Crippen LogP contribution in [0, 0.1) is 0 Å². The lowest BCUT2D eigenvalue weighted by atomic mass is 10.1. The molecule has 2 N–H and O–H groups in total. The van der Waals surface area contributed by atoms with E-state index >= 15 is 0 Å². The Bertz CT molecular complexity index is 706. The van der Waals surface area contributed by atoms with Crippen LogP contribution < -0.4 is 10.1 Å². The summed E-state index contributed by atoms with van der Waals surface area (Å²) >= 11 is 0. The Morgan fingerprint density at radius 2 is 1.44 bits per heavy atom. The van der Waals surface area contributed by atoms with Crippen molar-refractivity contribution in [2.45, 2.75) is 84.0 Å². The van der Waals surface area contributed by atoms with Gasteiger partial charge in [-0.25, -0.2) is 14.4 Å². The highest BCUT2D eigenvalue weighted by Gasteiger charge is 2.16. The van der Waals surface area contributed by atoms with Crippen LogP contribution in [-0.2, 0) is 9.47 Å². The van der Waals surface area contributed by atoms with Crippen molar-refractivity contribution >= 4 is 23.9 Å². The number of nitrogens with one attached hydrogen (secondary N) is 1. The molecule has 0 aliphatic rings. The minimum absolute atomic E-state index is 0.181. The van der Waals surface area contributed by atoms with Crippen LogP contribution in [0.3, 0.4) is 0 Å². The molecule has 0 radical (unpaired) electrons. The Labute approximate surface area is 190 Å². The van der Waals surface area contributed by atoms with Crippen LogP contribution in [0.1, 0.15) is 94.3 Å². The first-order valence-electron chi connectivity index (χ1n) is 11.5. The molecule has 0 aliphatic heterocycles. The smallest absolute Gasteiger partial charge is 0.478 e. The van der Waals surface area contributed by atoms with Crippen LogP contribution in [0.25, 0.3) is 0 Å². The lowest BCUT2D eigenvalue weighted by Crippen LogP contribution is -2.15. The number of benzene rings is 1. The summed E-state index contributed by atoms with van der Waals surface area (Å²) in [5, 5.41) is 11.7. The summed E-state index contributed by atoms with van der Waals surface area (Å²) in [6.45, 7) is 2.54. The van der Waals surface area contributed by atoms with Gasteiger partial charge in [-0.3, -0.25) is 5.32 Å². The number of rotatable bonds is 16. The molecule has 1 aromatic rings. The molecule has 0 unspecified atom stereocenters. The van der Waals surface area contributed by atoms with Gasteiger partial charge in [0.2, 0.25) is 0 Å². The number of carbonyl (C=O) groups excluding carboxylic acids is 2. The fourth-order valence-corrected chi connectivity index (χ4v) is 3.26. The summed E-state index contributed by atoms with van der Waals surface area (Å²) in [5.74, 6) is -1.49. The molecule has 8 heteroatoms. The van der Waals surface area contributed by atoms with Gasteiger partial charge >= 0.3 is 18.2 Å². The normalized spacial score (nSPS) is 10.4. The zero-order chi connectivity index (χ0) is 23.6. The number of carbonyl (C=O) groups is 3. The number of aromatic carboxylic acids is 1. The third-order valence-electron chi connectivity index (χ3n) is 5.05. The summed E-state index contributed by atoms with van der Waals surface area (Å²) in [4.78, 5) is 34.5. The maximum atomic E-state index is 11.9. The van der Waals surface area contributed by atoms with Gasteiger partial charge in [-0.15, -0.1) is 0 Å². The van der Waals surface area contributed by atoms with Crippen LogP contribution in [0.5, 0.6) is 5.75 Å². The van der Waals surface area contributed by atoms with Crippen molar-refractivity contribution < 1.29 is 33.7 Å². The van der Waals surface area contributed by atoms with Crippen LogP contribution in [0.15, 0.2) is 18.2 Å². The van der Waals surface area contributed by atoms with Crippen LogP contribution in [0.2, 0.25) is 0 Å². The summed E-state index contributed by atoms with van der Waals surface area (Å²) in [7, 11) is 1.12. The largest absolute Gasteiger partial charge is 0.513 e. The van der Waals surface area contributed by atoms with Crippen LogP contribution >= 0.6 is 0 Å². The Morgan fingerprint density at radius 3 is 1.97 bits per heavy atom. The van der Waals surface area contributed by atoms with E-state index in [2.05, 4.69) is 17.0 Å². The van der Waals surface area contributed by atoms with Crippen molar-refractivity contribution in [2.75, 3.05) is 19.0 Å². The van der Waals surface area contributed by atoms with Crippen molar-refractivity contribution in [3.8, 4) is 5.75 Å². The minimum atomic E-state index is -1.31. The highest BCUT2D eigenvalue weighted by Crippen LogP contribution is 2.23. The molecule has 0 aromatic heterocycles. The molecule has 0 saturated carbocycles. The molecule has 1 aromatic carbocycles. The quantitative estimate of drug-likeness (QED) is 0.162. The molecule has 1 rings (SSSR count). The Hall–Kier alpha value is -2.77. The number of hydrogen-bond donors (Lipinski definition) is 2. The average molecular weight is 452 g/mol.